The number of hydrogen-bond donors (Lipinski definition) is 1. The molecule has 1 N–H and O–H groups in total. The van der Waals surface area contributed by atoms with Crippen molar-refractivity contribution in [1.82, 2.24) is 14.8 Å². The van der Waals surface area contributed by atoms with Gasteiger partial charge in [0.25, 0.3) is 0 Å². The Kier molecular flexibility index (Phi) is 3.89. The van der Waals surface area contributed by atoms with Crippen LogP contribution in [-0.4, -0.2) is 20.8 Å². The normalized spacial score (nSPS) is 21.2. The molecule has 1 atom stereocenters. The Morgan fingerprint density at radius 1 is 1.38 bits per heavy atom. The van der Waals surface area contributed by atoms with Gasteiger partial charge in [0.05, 0.1) is 11.4 Å². The zero-order valence-electron chi connectivity index (χ0n) is 12.5. The lowest BCUT2D eigenvalue weighted by Gasteiger charge is -2.36. The van der Waals surface area contributed by atoms with E-state index in [4.69, 9.17) is 11.6 Å². The quantitative estimate of drug-likeness (QED) is 0.919. The highest BCUT2D eigenvalue weighted by Gasteiger charge is 2.28. The van der Waals surface area contributed by atoms with Crippen LogP contribution in [0, 0.1) is 5.41 Å². The Hall–Kier alpha value is -1.55. The van der Waals surface area contributed by atoms with Crippen molar-refractivity contribution >= 4 is 17.3 Å². The van der Waals surface area contributed by atoms with Gasteiger partial charge < -0.3 is 5.32 Å². The van der Waals surface area contributed by atoms with E-state index >= 15 is 0 Å². The summed E-state index contributed by atoms with van der Waals surface area (Å²) in [4.78, 5) is 4.02. The van der Waals surface area contributed by atoms with E-state index in [1.165, 1.54) is 25.7 Å². The molecule has 4 nitrogen and oxygen atoms in total. The number of halogens is 1. The Morgan fingerprint density at radius 2 is 2.24 bits per heavy atom. The molecule has 0 amide bonds. The molecule has 1 fully saturated rings. The van der Waals surface area contributed by atoms with Gasteiger partial charge in [-0.3, -0.25) is 0 Å². The number of rotatable bonds is 3. The third-order valence-corrected chi connectivity index (χ3v) is 4.42. The molecular formula is C16H21ClN4. The molecular weight excluding hydrogens is 284 g/mol. The van der Waals surface area contributed by atoms with Crippen LogP contribution >= 0.6 is 11.6 Å². The maximum Gasteiger partial charge on any atom is 0.138 e. The first-order valence-corrected chi connectivity index (χ1v) is 7.82. The summed E-state index contributed by atoms with van der Waals surface area (Å²) in [5.41, 5.74) is 2.41. The van der Waals surface area contributed by atoms with Gasteiger partial charge >= 0.3 is 0 Å². The maximum atomic E-state index is 6.17. The molecule has 21 heavy (non-hydrogen) atoms. The van der Waals surface area contributed by atoms with Crippen LogP contribution in [0.4, 0.5) is 5.69 Å². The first-order valence-electron chi connectivity index (χ1n) is 7.45. The van der Waals surface area contributed by atoms with E-state index in [9.17, 15) is 0 Å². The topological polar surface area (TPSA) is 42.7 Å². The van der Waals surface area contributed by atoms with Gasteiger partial charge in [0, 0.05) is 11.1 Å². The van der Waals surface area contributed by atoms with Crippen molar-refractivity contribution in [2.45, 2.75) is 45.6 Å². The second-order valence-corrected chi connectivity index (χ2v) is 7.04. The van der Waals surface area contributed by atoms with Crippen molar-refractivity contribution in [1.29, 1.82) is 0 Å². The summed E-state index contributed by atoms with van der Waals surface area (Å²) in [6, 6.07) is 6.32. The van der Waals surface area contributed by atoms with E-state index in [0.29, 0.717) is 11.5 Å². The number of aromatic nitrogens is 3. The molecule has 1 unspecified atom stereocenters. The first-order chi connectivity index (χ1) is 10.0. The minimum absolute atomic E-state index is 0.405. The highest BCUT2D eigenvalue weighted by atomic mass is 35.5. The molecule has 1 saturated carbocycles. The average Bonchev–Trinajstić information content (AvgIpc) is 2.91. The minimum atomic E-state index is 0.405. The number of nitrogens with zero attached hydrogens (tertiary/aromatic N) is 3. The molecule has 5 heteroatoms. The van der Waals surface area contributed by atoms with Gasteiger partial charge in [0.15, 0.2) is 0 Å². The van der Waals surface area contributed by atoms with E-state index in [-0.39, 0.29) is 0 Å². The summed E-state index contributed by atoms with van der Waals surface area (Å²) < 4.78 is 1.77. The number of nitrogens with one attached hydrogen (secondary N) is 1. The maximum absolute atomic E-state index is 6.17. The summed E-state index contributed by atoms with van der Waals surface area (Å²) >= 11 is 6.17. The van der Waals surface area contributed by atoms with Crippen LogP contribution in [0.1, 0.15) is 39.5 Å². The molecule has 0 radical (unpaired) electrons. The predicted octanol–water partition coefficient (Wildman–Crippen LogP) is 4.30. The Balaban J connectivity index is 1.86. The predicted molar refractivity (Wildman–Crippen MR) is 86.0 cm³/mol. The summed E-state index contributed by atoms with van der Waals surface area (Å²) in [5.74, 6) is 0. The summed E-state index contributed by atoms with van der Waals surface area (Å²) in [7, 11) is 0. The molecule has 112 valence electrons. The molecule has 1 aromatic heterocycles. The lowest BCUT2D eigenvalue weighted by Crippen LogP contribution is -2.32. The monoisotopic (exact) mass is 304 g/mol. The molecule has 1 heterocycles. The van der Waals surface area contributed by atoms with E-state index in [1.54, 1.807) is 17.3 Å². The zero-order valence-corrected chi connectivity index (χ0v) is 13.3. The van der Waals surface area contributed by atoms with Crippen molar-refractivity contribution < 1.29 is 0 Å². The van der Waals surface area contributed by atoms with Crippen LogP contribution in [0.5, 0.6) is 0 Å². The number of anilines is 1. The largest absolute Gasteiger partial charge is 0.381 e. The van der Waals surface area contributed by atoms with E-state index in [2.05, 4.69) is 29.2 Å². The van der Waals surface area contributed by atoms with E-state index in [0.717, 1.165) is 16.4 Å². The molecule has 0 aliphatic heterocycles. The molecule has 2 aromatic rings. The Bertz CT molecular complexity index is 607. The van der Waals surface area contributed by atoms with Crippen LogP contribution in [0.15, 0.2) is 30.9 Å². The van der Waals surface area contributed by atoms with Crippen molar-refractivity contribution in [3.05, 3.63) is 35.9 Å². The molecule has 1 aliphatic rings. The molecule has 0 saturated heterocycles. The molecule has 0 bridgehead atoms. The number of hydrogen-bond acceptors (Lipinski definition) is 3. The van der Waals surface area contributed by atoms with Crippen LogP contribution in [0.3, 0.4) is 0 Å². The van der Waals surface area contributed by atoms with Crippen LogP contribution in [0.2, 0.25) is 5.02 Å². The van der Waals surface area contributed by atoms with Crippen LogP contribution in [0.25, 0.3) is 5.69 Å². The zero-order chi connectivity index (χ0) is 14.9. The minimum Gasteiger partial charge on any atom is -0.381 e. The van der Waals surface area contributed by atoms with Crippen molar-refractivity contribution in [2.75, 3.05) is 5.32 Å². The molecule has 3 rings (SSSR count). The van der Waals surface area contributed by atoms with E-state index < -0.39 is 0 Å². The van der Waals surface area contributed by atoms with Crippen molar-refractivity contribution in [3.8, 4) is 5.69 Å². The standard InChI is InChI=1S/C16H21ClN4/c1-16(2)7-3-4-13(9-16)20-14-8-12(17)5-6-15(14)21-11-18-10-19-21/h5-6,8,10-11,13,20H,3-4,7,9H2,1-2H3. The van der Waals surface area contributed by atoms with Gasteiger partial charge in [0.2, 0.25) is 0 Å². The average molecular weight is 305 g/mol. The number of benzene rings is 1. The van der Waals surface area contributed by atoms with Gasteiger partial charge in [-0.15, -0.1) is 0 Å². The lowest BCUT2D eigenvalue weighted by atomic mass is 9.75. The van der Waals surface area contributed by atoms with Gasteiger partial charge in [-0.25, -0.2) is 9.67 Å². The third kappa shape index (κ3) is 3.38. The smallest absolute Gasteiger partial charge is 0.138 e. The van der Waals surface area contributed by atoms with Crippen molar-refractivity contribution in [2.24, 2.45) is 5.41 Å². The van der Waals surface area contributed by atoms with Gasteiger partial charge in [-0.2, -0.15) is 5.10 Å². The van der Waals surface area contributed by atoms with Crippen LogP contribution < -0.4 is 5.32 Å². The first kappa shape index (κ1) is 14.4. The Morgan fingerprint density at radius 3 is 2.95 bits per heavy atom. The third-order valence-electron chi connectivity index (χ3n) is 4.19. The fourth-order valence-electron chi connectivity index (χ4n) is 3.20. The molecule has 1 aromatic carbocycles. The van der Waals surface area contributed by atoms with Crippen molar-refractivity contribution in [3.63, 3.8) is 0 Å². The Labute approximate surface area is 130 Å². The van der Waals surface area contributed by atoms with Crippen LogP contribution in [-0.2, 0) is 0 Å². The van der Waals surface area contributed by atoms with Gasteiger partial charge in [-0.05, 0) is 42.9 Å². The molecule has 1 aliphatic carbocycles. The van der Waals surface area contributed by atoms with Gasteiger partial charge in [0.1, 0.15) is 12.7 Å². The highest BCUT2D eigenvalue weighted by molar-refractivity contribution is 6.31. The second-order valence-electron chi connectivity index (χ2n) is 6.60. The SMILES string of the molecule is CC1(C)CCCC(Nc2cc(Cl)ccc2-n2cncn2)C1. The van der Waals surface area contributed by atoms with Gasteiger partial charge in [-0.1, -0.05) is 31.9 Å². The second kappa shape index (κ2) is 5.68. The van der Waals surface area contributed by atoms with E-state index in [1.807, 2.05) is 18.2 Å². The fourth-order valence-corrected chi connectivity index (χ4v) is 3.37. The lowest BCUT2D eigenvalue weighted by molar-refractivity contribution is 0.229. The highest BCUT2D eigenvalue weighted by Crippen LogP contribution is 2.37. The summed E-state index contributed by atoms with van der Waals surface area (Å²) in [5, 5.41) is 8.61. The summed E-state index contributed by atoms with van der Waals surface area (Å²) in [6.07, 6.45) is 8.20. The molecule has 0 spiro atoms. The summed E-state index contributed by atoms with van der Waals surface area (Å²) in [6.45, 7) is 4.69. The fraction of sp³-hybridized carbons (Fsp3) is 0.500.